The van der Waals surface area contributed by atoms with Crippen LogP contribution in [-0.2, 0) is 33.9 Å². The van der Waals surface area contributed by atoms with Crippen molar-refractivity contribution in [1.29, 1.82) is 0 Å². The molecule has 1 N–H and O–H groups in total. The topological polar surface area (TPSA) is 94.1 Å². The van der Waals surface area contributed by atoms with Gasteiger partial charge in [-0.15, -0.1) is 0 Å². The Morgan fingerprint density at radius 2 is 1.86 bits per heavy atom. The van der Waals surface area contributed by atoms with Crippen LogP contribution in [0.1, 0.15) is 62.3 Å². The van der Waals surface area contributed by atoms with Crippen LogP contribution in [-0.4, -0.2) is 68.2 Å². The molecule has 0 radical (unpaired) electrons. The first kappa shape index (κ1) is 25.7. The van der Waals surface area contributed by atoms with Crippen molar-refractivity contribution in [3.05, 3.63) is 59.4 Å². The minimum absolute atomic E-state index is 0.0742. The van der Waals surface area contributed by atoms with Crippen molar-refractivity contribution in [2.45, 2.75) is 77.0 Å². The van der Waals surface area contributed by atoms with Gasteiger partial charge in [0, 0.05) is 52.1 Å². The van der Waals surface area contributed by atoms with Crippen LogP contribution in [0.3, 0.4) is 0 Å². The molecule has 1 fully saturated rings. The van der Waals surface area contributed by atoms with Gasteiger partial charge in [-0.2, -0.15) is 0 Å². The van der Waals surface area contributed by atoms with Crippen LogP contribution in [0, 0.1) is 0 Å². The Bertz CT molecular complexity index is 1080. The largest absolute Gasteiger partial charge is 0.508 e. The maximum absolute atomic E-state index is 14.2. The van der Waals surface area contributed by atoms with Crippen LogP contribution < -0.4 is 0 Å². The van der Waals surface area contributed by atoms with Crippen LogP contribution in [0.25, 0.3) is 0 Å². The average molecular weight is 493 g/mol. The molecule has 2 aliphatic rings. The third-order valence-corrected chi connectivity index (χ3v) is 7.48. The van der Waals surface area contributed by atoms with Gasteiger partial charge in [-0.3, -0.25) is 19.4 Å². The summed E-state index contributed by atoms with van der Waals surface area (Å²) < 4.78 is 0. The number of rotatable bonds is 7. The van der Waals surface area contributed by atoms with E-state index in [1.54, 1.807) is 30.3 Å². The zero-order valence-corrected chi connectivity index (χ0v) is 21.2. The number of fused-ring (bicyclic) bond motifs is 1. The average Bonchev–Trinajstić information content (AvgIpc) is 2.90. The summed E-state index contributed by atoms with van der Waals surface area (Å²) in [5.74, 6) is -0.175. The summed E-state index contributed by atoms with van der Waals surface area (Å²) in [6.07, 6.45) is 7.46. The van der Waals surface area contributed by atoms with Crippen molar-refractivity contribution in [2.24, 2.45) is 0 Å². The van der Waals surface area contributed by atoms with Gasteiger partial charge in [0.2, 0.25) is 17.7 Å². The normalized spacial score (nSPS) is 17.8. The number of hydrogen-bond acceptors (Lipinski definition) is 5. The van der Waals surface area contributed by atoms with Gasteiger partial charge in [-0.05, 0) is 48.2 Å². The molecule has 1 aromatic heterocycles. The third-order valence-electron chi connectivity index (χ3n) is 7.48. The Hall–Kier alpha value is -3.42. The van der Waals surface area contributed by atoms with Gasteiger partial charge in [0.1, 0.15) is 11.8 Å². The lowest BCUT2D eigenvalue weighted by molar-refractivity contribution is -0.150. The minimum atomic E-state index is -0.667. The van der Waals surface area contributed by atoms with Crippen molar-refractivity contribution in [3.8, 4) is 5.75 Å². The van der Waals surface area contributed by atoms with Gasteiger partial charge in [-0.25, -0.2) is 0 Å². The second-order valence-electron chi connectivity index (χ2n) is 9.96. The van der Waals surface area contributed by atoms with E-state index in [0.717, 1.165) is 42.5 Å². The molecule has 8 heteroatoms. The third kappa shape index (κ3) is 6.04. The van der Waals surface area contributed by atoms with E-state index in [1.165, 1.54) is 18.2 Å². The number of phenolic OH excluding ortho intramolecular Hbond substituents is 1. The molecule has 1 aliphatic carbocycles. The van der Waals surface area contributed by atoms with E-state index in [2.05, 4.69) is 4.98 Å². The molecule has 0 spiro atoms. The van der Waals surface area contributed by atoms with E-state index >= 15 is 0 Å². The predicted molar refractivity (Wildman–Crippen MR) is 136 cm³/mol. The Labute approximate surface area is 212 Å². The monoisotopic (exact) mass is 492 g/mol. The van der Waals surface area contributed by atoms with Gasteiger partial charge < -0.3 is 19.8 Å². The lowest BCUT2D eigenvalue weighted by atomic mass is 9.90. The molecule has 0 bridgehead atoms. The number of aromatic hydroxyl groups is 1. The molecule has 0 unspecified atom stereocenters. The van der Waals surface area contributed by atoms with Crippen LogP contribution >= 0.6 is 0 Å². The van der Waals surface area contributed by atoms with Gasteiger partial charge in [0.15, 0.2) is 0 Å². The summed E-state index contributed by atoms with van der Waals surface area (Å²) in [7, 11) is 1.67. The SMILES string of the molecule is CC(=O)N(C)CCC(=O)N1Cc2ccc(O)cc2C[C@@H]1C(=O)N(Cc1ccccn1)C1CCCCC1. The molecule has 1 aliphatic heterocycles. The highest BCUT2D eigenvalue weighted by atomic mass is 16.3. The number of pyridine rings is 1. The first-order valence-electron chi connectivity index (χ1n) is 12.9. The fraction of sp³-hybridized carbons (Fsp3) is 0.500. The standard InChI is InChI=1S/C28H36N4O4/c1-20(33)30(2)15-13-27(35)32-18-21-11-12-25(34)16-22(21)17-26(32)28(36)31(24-9-4-3-5-10-24)19-23-8-6-7-14-29-23/h6-8,11-12,14,16,24,26,34H,3-5,9-10,13,15,17-19H2,1-2H3/t26-/m1/s1. The zero-order chi connectivity index (χ0) is 25.7. The zero-order valence-electron chi connectivity index (χ0n) is 21.2. The molecule has 36 heavy (non-hydrogen) atoms. The second kappa shape index (κ2) is 11.5. The lowest BCUT2D eigenvalue weighted by Crippen LogP contribution is -2.56. The van der Waals surface area contributed by atoms with Crippen molar-refractivity contribution < 1.29 is 19.5 Å². The molecule has 1 saturated carbocycles. The van der Waals surface area contributed by atoms with E-state index in [0.29, 0.717) is 26.1 Å². The molecule has 1 aromatic carbocycles. The number of carbonyl (C=O) groups excluding carboxylic acids is 3. The van der Waals surface area contributed by atoms with E-state index in [1.807, 2.05) is 29.2 Å². The summed E-state index contributed by atoms with van der Waals surface area (Å²) in [5, 5.41) is 10.1. The second-order valence-corrected chi connectivity index (χ2v) is 9.96. The fourth-order valence-corrected chi connectivity index (χ4v) is 5.25. The molecule has 1 atom stereocenters. The summed E-state index contributed by atoms with van der Waals surface area (Å²) >= 11 is 0. The van der Waals surface area contributed by atoms with Gasteiger partial charge in [0.25, 0.3) is 0 Å². The van der Waals surface area contributed by atoms with Crippen molar-refractivity contribution in [3.63, 3.8) is 0 Å². The van der Waals surface area contributed by atoms with E-state index < -0.39 is 6.04 Å². The lowest BCUT2D eigenvalue weighted by Gasteiger charge is -2.42. The molecular formula is C28H36N4O4. The quantitative estimate of drug-likeness (QED) is 0.640. The van der Waals surface area contributed by atoms with Crippen LogP contribution in [0.4, 0.5) is 0 Å². The number of phenols is 1. The minimum Gasteiger partial charge on any atom is -0.508 e. The van der Waals surface area contributed by atoms with Gasteiger partial charge in [-0.1, -0.05) is 31.4 Å². The Balaban J connectivity index is 1.63. The molecule has 4 rings (SSSR count). The van der Waals surface area contributed by atoms with Crippen molar-refractivity contribution in [1.82, 2.24) is 19.7 Å². The number of aromatic nitrogens is 1. The highest BCUT2D eigenvalue weighted by Crippen LogP contribution is 2.31. The highest BCUT2D eigenvalue weighted by molar-refractivity contribution is 5.89. The molecular weight excluding hydrogens is 456 g/mol. The van der Waals surface area contributed by atoms with Gasteiger partial charge in [0.05, 0.1) is 12.2 Å². The predicted octanol–water partition coefficient (Wildman–Crippen LogP) is 3.27. The Kier molecular flexibility index (Phi) is 8.23. The first-order valence-corrected chi connectivity index (χ1v) is 12.9. The number of carbonyl (C=O) groups is 3. The number of benzene rings is 1. The van der Waals surface area contributed by atoms with Crippen LogP contribution in [0.2, 0.25) is 0 Å². The van der Waals surface area contributed by atoms with Crippen LogP contribution in [0.5, 0.6) is 5.75 Å². The smallest absolute Gasteiger partial charge is 0.246 e. The van der Waals surface area contributed by atoms with E-state index in [4.69, 9.17) is 0 Å². The van der Waals surface area contributed by atoms with Crippen LogP contribution in [0.15, 0.2) is 42.6 Å². The van der Waals surface area contributed by atoms with Gasteiger partial charge >= 0.3 is 0 Å². The van der Waals surface area contributed by atoms with E-state index in [9.17, 15) is 19.5 Å². The molecule has 3 amide bonds. The number of hydrogen-bond donors (Lipinski definition) is 1. The summed E-state index contributed by atoms with van der Waals surface area (Å²) in [6, 6.07) is 10.3. The number of nitrogens with zero attached hydrogens (tertiary/aromatic N) is 4. The number of amides is 3. The molecule has 2 aromatic rings. The maximum Gasteiger partial charge on any atom is 0.246 e. The fourth-order valence-electron chi connectivity index (χ4n) is 5.25. The van der Waals surface area contributed by atoms with Crippen molar-refractivity contribution in [2.75, 3.05) is 13.6 Å². The van der Waals surface area contributed by atoms with E-state index in [-0.39, 0.29) is 35.9 Å². The molecule has 2 heterocycles. The summed E-state index contributed by atoms with van der Waals surface area (Å²) in [4.78, 5) is 48.9. The molecule has 192 valence electrons. The summed E-state index contributed by atoms with van der Waals surface area (Å²) in [6.45, 7) is 2.48. The molecule has 8 nitrogen and oxygen atoms in total. The Morgan fingerprint density at radius 1 is 1.08 bits per heavy atom. The maximum atomic E-state index is 14.2. The Morgan fingerprint density at radius 3 is 2.56 bits per heavy atom. The van der Waals surface area contributed by atoms with Crippen molar-refractivity contribution >= 4 is 17.7 Å². The first-order chi connectivity index (χ1) is 17.3. The molecule has 0 saturated heterocycles. The highest BCUT2D eigenvalue weighted by Gasteiger charge is 2.39. The summed E-state index contributed by atoms with van der Waals surface area (Å²) in [5.41, 5.74) is 2.64.